The highest BCUT2D eigenvalue weighted by molar-refractivity contribution is 7.89. The highest BCUT2D eigenvalue weighted by atomic mass is 32.2. The number of rotatable bonds is 7. The van der Waals surface area contributed by atoms with Crippen molar-refractivity contribution in [1.29, 1.82) is 0 Å². The first kappa shape index (κ1) is 24.3. The lowest BCUT2D eigenvalue weighted by atomic mass is 10.2. The molecule has 176 valence electrons. The largest absolute Gasteiger partial charge is 0.449 e. The Morgan fingerprint density at radius 3 is 2.24 bits per heavy atom. The number of hydrogen-bond donors (Lipinski definition) is 2. The molecule has 3 rings (SSSR count). The van der Waals surface area contributed by atoms with Crippen LogP contribution < -0.4 is 11.1 Å². The summed E-state index contributed by atoms with van der Waals surface area (Å²) in [6.07, 6.45) is 1.03. The second-order valence-corrected chi connectivity index (χ2v) is 9.49. The number of nitrogens with two attached hydrogens (primary N) is 1. The number of primary amides is 1. The zero-order chi connectivity index (χ0) is 24.2. The topological polar surface area (TPSA) is 136 Å². The molecule has 2 aromatic rings. The first-order chi connectivity index (χ1) is 15.6. The van der Waals surface area contributed by atoms with Gasteiger partial charge in [0.1, 0.15) is 10.7 Å². The molecule has 0 spiro atoms. The summed E-state index contributed by atoms with van der Waals surface area (Å²) in [4.78, 5) is 35.4. The van der Waals surface area contributed by atoms with Gasteiger partial charge in [0, 0.05) is 24.3 Å². The third kappa shape index (κ3) is 5.74. The minimum atomic E-state index is -4.11. The maximum absolute atomic E-state index is 14.3. The molecule has 1 heterocycles. The van der Waals surface area contributed by atoms with Crippen LogP contribution >= 0.6 is 0 Å². The van der Waals surface area contributed by atoms with Crippen molar-refractivity contribution in [3.8, 4) is 0 Å². The monoisotopic (exact) mass is 477 g/mol. The van der Waals surface area contributed by atoms with Crippen molar-refractivity contribution in [2.45, 2.75) is 37.2 Å². The molecule has 3 N–H and O–H groups in total. The van der Waals surface area contributed by atoms with E-state index in [0.29, 0.717) is 18.5 Å². The standard InChI is InChI=1S/C22H24FN3O6S/c1-14(21(28)25-17-8-5-15(6-9-17)20(24)27)32-22(29)16-7-10-18(23)19(13-16)33(30,31)26-11-3-2-4-12-26/h5-10,13-14H,2-4,11-12H2,1H3,(H2,24,27)(H,25,28)/t14-/m1/s1. The van der Waals surface area contributed by atoms with Gasteiger partial charge >= 0.3 is 5.97 Å². The van der Waals surface area contributed by atoms with Crippen molar-refractivity contribution in [2.24, 2.45) is 5.73 Å². The minimum Gasteiger partial charge on any atom is -0.449 e. The van der Waals surface area contributed by atoms with E-state index in [1.54, 1.807) is 0 Å². The number of nitrogens with zero attached hydrogens (tertiary/aromatic N) is 1. The Morgan fingerprint density at radius 2 is 1.64 bits per heavy atom. The summed E-state index contributed by atoms with van der Waals surface area (Å²) in [5.74, 6) is -3.21. The number of ether oxygens (including phenoxy) is 1. The summed E-state index contributed by atoms with van der Waals surface area (Å²) in [5, 5.41) is 2.52. The van der Waals surface area contributed by atoms with E-state index in [-0.39, 0.29) is 24.2 Å². The first-order valence-corrected chi connectivity index (χ1v) is 11.7. The smallest absolute Gasteiger partial charge is 0.338 e. The molecule has 33 heavy (non-hydrogen) atoms. The maximum Gasteiger partial charge on any atom is 0.338 e. The van der Waals surface area contributed by atoms with Crippen LogP contribution in [-0.2, 0) is 19.6 Å². The third-order valence-electron chi connectivity index (χ3n) is 5.19. The molecular weight excluding hydrogens is 453 g/mol. The Kier molecular flexibility index (Phi) is 7.44. The van der Waals surface area contributed by atoms with Crippen LogP contribution in [0.3, 0.4) is 0 Å². The number of anilines is 1. The van der Waals surface area contributed by atoms with Gasteiger partial charge in [0.2, 0.25) is 15.9 Å². The molecule has 0 unspecified atom stereocenters. The van der Waals surface area contributed by atoms with Gasteiger partial charge in [0.25, 0.3) is 5.91 Å². The molecule has 1 atom stereocenters. The number of benzene rings is 2. The summed E-state index contributed by atoms with van der Waals surface area (Å²) in [5.41, 5.74) is 5.58. The number of amides is 2. The molecule has 0 radical (unpaired) electrons. The van der Waals surface area contributed by atoms with E-state index in [9.17, 15) is 27.2 Å². The fourth-order valence-electron chi connectivity index (χ4n) is 3.32. The molecule has 9 nitrogen and oxygen atoms in total. The summed E-state index contributed by atoms with van der Waals surface area (Å²) in [7, 11) is -4.11. The Labute approximate surface area is 190 Å². The van der Waals surface area contributed by atoms with Crippen molar-refractivity contribution in [2.75, 3.05) is 18.4 Å². The van der Waals surface area contributed by atoms with Crippen molar-refractivity contribution in [1.82, 2.24) is 4.31 Å². The summed E-state index contributed by atoms with van der Waals surface area (Å²) >= 11 is 0. The molecule has 11 heteroatoms. The zero-order valence-electron chi connectivity index (χ0n) is 17.9. The van der Waals surface area contributed by atoms with Gasteiger partial charge in [0.15, 0.2) is 6.10 Å². The van der Waals surface area contributed by atoms with Gasteiger partial charge in [-0.25, -0.2) is 17.6 Å². The number of carbonyl (C=O) groups is 3. The quantitative estimate of drug-likeness (QED) is 0.587. The number of piperidine rings is 1. The number of nitrogens with one attached hydrogen (secondary N) is 1. The molecule has 0 saturated carbocycles. The van der Waals surface area contributed by atoms with Crippen LogP contribution in [0.2, 0.25) is 0 Å². The van der Waals surface area contributed by atoms with Gasteiger partial charge in [-0.05, 0) is 62.2 Å². The molecule has 1 saturated heterocycles. The number of sulfonamides is 1. The average Bonchev–Trinajstić information content (AvgIpc) is 2.80. The fraction of sp³-hybridized carbons (Fsp3) is 0.318. The normalized spacial score (nSPS) is 15.5. The first-order valence-electron chi connectivity index (χ1n) is 10.3. The lowest BCUT2D eigenvalue weighted by Crippen LogP contribution is -2.36. The lowest BCUT2D eigenvalue weighted by molar-refractivity contribution is -0.123. The highest BCUT2D eigenvalue weighted by Gasteiger charge is 2.30. The minimum absolute atomic E-state index is 0.197. The molecule has 0 aromatic heterocycles. The van der Waals surface area contributed by atoms with Gasteiger partial charge in [-0.15, -0.1) is 0 Å². The molecule has 1 aliphatic rings. The van der Waals surface area contributed by atoms with Crippen LogP contribution in [0.5, 0.6) is 0 Å². The van der Waals surface area contributed by atoms with Gasteiger partial charge in [-0.1, -0.05) is 6.42 Å². The zero-order valence-corrected chi connectivity index (χ0v) is 18.7. The number of hydrogen-bond acceptors (Lipinski definition) is 6. The van der Waals surface area contributed by atoms with Crippen molar-refractivity contribution < 1.29 is 31.9 Å². The highest BCUT2D eigenvalue weighted by Crippen LogP contribution is 2.24. The van der Waals surface area contributed by atoms with Crippen molar-refractivity contribution >= 4 is 33.5 Å². The van der Waals surface area contributed by atoms with E-state index in [0.717, 1.165) is 24.6 Å². The molecule has 1 aliphatic heterocycles. The van der Waals surface area contributed by atoms with Crippen LogP contribution in [-0.4, -0.2) is 49.7 Å². The van der Waals surface area contributed by atoms with Gasteiger partial charge in [-0.3, -0.25) is 9.59 Å². The third-order valence-corrected chi connectivity index (χ3v) is 7.10. The number of halogens is 1. The predicted molar refractivity (Wildman–Crippen MR) is 117 cm³/mol. The van der Waals surface area contributed by atoms with E-state index in [2.05, 4.69) is 5.32 Å². The summed E-state index contributed by atoms with van der Waals surface area (Å²) < 4.78 is 46.3. The van der Waals surface area contributed by atoms with E-state index in [1.165, 1.54) is 35.5 Å². The molecule has 0 bridgehead atoms. The predicted octanol–water partition coefficient (Wildman–Crippen LogP) is 2.28. The second-order valence-electron chi connectivity index (χ2n) is 7.59. The summed E-state index contributed by atoms with van der Waals surface area (Å²) in [6.45, 7) is 1.90. The van der Waals surface area contributed by atoms with Gasteiger partial charge in [0.05, 0.1) is 5.56 Å². The Balaban J connectivity index is 1.69. The van der Waals surface area contributed by atoms with Gasteiger partial charge in [-0.2, -0.15) is 4.31 Å². The van der Waals surface area contributed by atoms with Crippen LogP contribution in [0.4, 0.5) is 10.1 Å². The average molecular weight is 478 g/mol. The molecule has 2 amide bonds. The van der Waals surface area contributed by atoms with Crippen molar-refractivity contribution in [3.05, 3.63) is 59.4 Å². The molecular formula is C22H24FN3O6S. The Bertz CT molecular complexity index is 1160. The second kappa shape index (κ2) is 10.1. The van der Waals surface area contributed by atoms with E-state index in [1.807, 2.05) is 0 Å². The van der Waals surface area contributed by atoms with Crippen molar-refractivity contribution in [3.63, 3.8) is 0 Å². The Morgan fingerprint density at radius 1 is 1.03 bits per heavy atom. The maximum atomic E-state index is 14.3. The molecule has 1 fully saturated rings. The van der Waals surface area contributed by atoms with E-state index >= 15 is 0 Å². The fourth-order valence-corrected chi connectivity index (χ4v) is 4.92. The van der Waals surface area contributed by atoms with Crippen LogP contribution in [0.25, 0.3) is 0 Å². The van der Waals surface area contributed by atoms with Crippen LogP contribution in [0, 0.1) is 5.82 Å². The Hall–Kier alpha value is -3.31. The lowest BCUT2D eigenvalue weighted by Gasteiger charge is -2.26. The molecule has 2 aromatic carbocycles. The van der Waals surface area contributed by atoms with E-state index < -0.39 is 44.6 Å². The van der Waals surface area contributed by atoms with E-state index in [4.69, 9.17) is 10.5 Å². The summed E-state index contributed by atoms with van der Waals surface area (Å²) in [6, 6.07) is 8.69. The van der Waals surface area contributed by atoms with Crippen LogP contribution in [0.1, 0.15) is 46.9 Å². The SMILES string of the molecule is C[C@@H](OC(=O)c1ccc(F)c(S(=O)(=O)N2CCCCC2)c1)C(=O)Nc1ccc(C(N)=O)cc1. The molecule has 0 aliphatic carbocycles. The van der Waals surface area contributed by atoms with Crippen LogP contribution in [0.15, 0.2) is 47.4 Å². The number of esters is 1. The van der Waals surface area contributed by atoms with Gasteiger partial charge < -0.3 is 15.8 Å². The number of carbonyl (C=O) groups excluding carboxylic acids is 3.